The second kappa shape index (κ2) is 11.7. The highest BCUT2D eigenvalue weighted by Crippen LogP contribution is 2.78. The lowest BCUT2D eigenvalue weighted by Crippen LogP contribution is -2.65. The van der Waals surface area contributed by atoms with Crippen molar-refractivity contribution in [3.05, 3.63) is 53.6 Å². The summed E-state index contributed by atoms with van der Waals surface area (Å²) >= 11 is 0. The molecule has 1 heterocycles. The Labute approximate surface area is 292 Å². The van der Waals surface area contributed by atoms with Gasteiger partial charge < -0.3 is 10.0 Å². The van der Waals surface area contributed by atoms with Crippen molar-refractivity contribution < 1.29 is 19.0 Å². The summed E-state index contributed by atoms with van der Waals surface area (Å²) in [6.45, 7) is 22.7. The fourth-order valence-corrected chi connectivity index (χ4v) is 15.3. The van der Waals surface area contributed by atoms with E-state index in [0.717, 1.165) is 32.0 Å². The fourth-order valence-electron chi connectivity index (χ4n) is 14.0. The predicted molar refractivity (Wildman–Crippen MR) is 199 cm³/mol. The van der Waals surface area contributed by atoms with Crippen LogP contribution < -0.4 is 0 Å². The van der Waals surface area contributed by atoms with Crippen molar-refractivity contribution in [3.63, 3.8) is 0 Å². The van der Waals surface area contributed by atoms with Crippen LogP contribution in [0.5, 0.6) is 0 Å². The zero-order valence-electron chi connectivity index (χ0n) is 30.7. The average Bonchev–Trinajstić information content (AvgIpc) is 3.41. The van der Waals surface area contributed by atoms with E-state index in [9.17, 15) is 19.0 Å². The highest BCUT2D eigenvalue weighted by Gasteiger charge is 2.70. The highest BCUT2D eigenvalue weighted by atomic mass is 32.3. The van der Waals surface area contributed by atoms with Crippen molar-refractivity contribution in [2.75, 3.05) is 31.1 Å². The number of benzene rings is 1. The monoisotopic (exact) mass is 677 g/mol. The summed E-state index contributed by atoms with van der Waals surface area (Å²) in [6.07, 6.45) is 15.4. The van der Waals surface area contributed by atoms with Gasteiger partial charge in [0.25, 0.3) is 0 Å². The van der Waals surface area contributed by atoms with Gasteiger partial charge in [-0.2, -0.15) is 10.6 Å². The predicted octanol–water partition coefficient (Wildman–Crippen LogP) is 10.5. The number of carbonyl (C=O) groups is 1. The van der Waals surface area contributed by atoms with E-state index in [2.05, 4.69) is 59.1 Å². The number of allylic oxidation sites excluding steroid dienone is 3. The number of hydrogen-bond donors (Lipinski definition) is 3. The third kappa shape index (κ3) is 5.15. The molecule has 1 aromatic carbocycles. The Morgan fingerprint density at radius 2 is 1.58 bits per heavy atom. The Balaban J connectivity index is 1.17. The van der Waals surface area contributed by atoms with E-state index in [0.29, 0.717) is 57.0 Å². The van der Waals surface area contributed by atoms with Crippen LogP contribution in [0.2, 0.25) is 0 Å². The van der Waals surface area contributed by atoms with Crippen molar-refractivity contribution >= 4 is 22.1 Å². The number of carboxylic acid groups (broad SMARTS) is 1. The van der Waals surface area contributed by atoms with Gasteiger partial charge in [-0.05, 0) is 158 Å². The van der Waals surface area contributed by atoms with Gasteiger partial charge in [-0.1, -0.05) is 65.0 Å². The highest BCUT2D eigenvalue weighted by molar-refractivity contribution is 8.24. The first-order valence-corrected chi connectivity index (χ1v) is 21.0. The van der Waals surface area contributed by atoms with Crippen LogP contribution in [-0.2, 0) is 0 Å². The molecule has 7 rings (SSSR count). The Hall–Kier alpha value is -1.60. The van der Waals surface area contributed by atoms with Gasteiger partial charge in [0.2, 0.25) is 0 Å². The van der Waals surface area contributed by atoms with Crippen LogP contribution in [0.3, 0.4) is 0 Å². The summed E-state index contributed by atoms with van der Waals surface area (Å²) in [5.74, 6) is 3.60. The summed E-state index contributed by atoms with van der Waals surface area (Å²) in [6, 6.07) is 7.61. The van der Waals surface area contributed by atoms with Crippen molar-refractivity contribution in [1.29, 1.82) is 0 Å². The second-order valence-electron chi connectivity index (χ2n) is 18.8. The smallest absolute Gasteiger partial charge is 0.335 e. The maximum Gasteiger partial charge on any atom is 0.335 e. The molecule has 0 radical (unpaired) electrons. The number of hydrogen-bond acceptors (Lipinski definition) is 4. The van der Waals surface area contributed by atoms with Crippen LogP contribution in [0.15, 0.2) is 42.5 Å². The van der Waals surface area contributed by atoms with Crippen molar-refractivity contribution in [2.24, 2.45) is 56.7 Å². The summed E-state index contributed by atoms with van der Waals surface area (Å²) in [5.41, 5.74) is 5.64. The molecular formula is C42H63NO4S. The van der Waals surface area contributed by atoms with E-state index in [-0.39, 0.29) is 10.8 Å². The first-order valence-electron chi connectivity index (χ1n) is 19.1. The number of aromatic carboxylic acids is 1. The zero-order valence-corrected chi connectivity index (χ0v) is 31.5. The third-order valence-electron chi connectivity index (χ3n) is 16.7. The molecule has 1 aliphatic heterocycles. The zero-order chi connectivity index (χ0) is 34.5. The van der Waals surface area contributed by atoms with Gasteiger partial charge in [0, 0.05) is 13.1 Å². The molecule has 0 unspecified atom stereocenters. The molecule has 0 bridgehead atoms. The Morgan fingerprint density at radius 3 is 2.23 bits per heavy atom. The van der Waals surface area contributed by atoms with Gasteiger partial charge in [0.15, 0.2) is 0 Å². The van der Waals surface area contributed by atoms with Gasteiger partial charge in [-0.25, -0.2) is 4.79 Å². The van der Waals surface area contributed by atoms with E-state index in [1.165, 1.54) is 74.5 Å². The molecule has 6 aliphatic rings. The molecule has 1 saturated heterocycles. The molecule has 6 heteroatoms. The molecule has 1 aromatic rings. The minimum atomic E-state index is -2.36. The molecule has 266 valence electrons. The summed E-state index contributed by atoms with van der Waals surface area (Å²) in [4.78, 5) is 14.1. The SMILES string of the molecule is C=C(C)[C@@H]1CC[C@]2(CCN3CCS(O)(O)CC3)CC[C@]3(C)[C@H](CC[C@@H]4[C@@]5(C)CC=C(c6ccc(C(=O)O)cc6)C(C)(C)[C@@H]5CC[C@]43C)[C@@H]12. The number of carboxylic acids is 1. The van der Waals surface area contributed by atoms with Gasteiger partial charge in [0.1, 0.15) is 0 Å². The molecule has 9 atom stereocenters. The Morgan fingerprint density at radius 1 is 0.896 bits per heavy atom. The van der Waals surface area contributed by atoms with E-state index in [1.807, 2.05) is 12.1 Å². The summed E-state index contributed by atoms with van der Waals surface area (Å²) in [5, 5.41) is 9.48. The normalized spacial score (nSPS) is 43.9. The lowest BCUT2D eigenvalue weighted by atomic mass is 9.32. The van der Waals surface area contributed by atoms with E-state index in [1.54, 1.807) is 12.1 Å². The maximum absolute atomic E-state index is 11.5. The number of rotatable bonds is 6. The Bertz CT molecular complexity index is 1470. The minimum absolute atomic E-state index is 0.0245. The van der Waals surface area contributed by atoms with Crippen molar-refractivity contribution in [3.8, 4) is 0 Å². The second-order valence-corrected chi connectivity index (χ2v) is 21.2. The molecule has 4 saturated carbocycles. The molecule has 5 nitrogen and oxygen atoms in total. The first-order chi connectivity index (χ1) is 22.5. The van der Waals surface area contributed by atoms with E-state index < -0.39 is 16.6 Å². The minimum Gasteiger partial charge on any atom is -0.478 e. The Kier molecular flexibility index (Phi) is 8.50. The largest absolute Gasteiger partial charge is 0.478 e. The van der Waals surface area contributed by atoms with Crippen molar-refractivity contribution in [2.45, 2.75) is 106 Å². The van der Waals surface area contributed by atoms with Crippen LogP contribution in [0.4, 0.5) is 0 Å². The van der Waals surface area contributed by atoms with E-state index in [4.69, 9.17) is 0 Å². The molecule has 5 fully saturated rings. The van der Waals surface area contributed by atoms with Gasteiger partial charge >= 0.3 is 5.97 Å². The molecule has 0 aromatic heterocycles. The molecular weight excluding hydrogens is 615 g/mol. The van der Waals surface area contributed by atoms with Crippen LogP contribution >= 0.6 is 10.6 Å². The van der Waals surface area contributed by atoms with E-state index >= 15 is 0 Å². The van der Waals surface area contributed by atoms with Gasteiger partial charge in [0.05, 0.1) is 17.1 Å². The lowest BCUT2D eigenvalue weighted by Gasteiger charge is -2.72. The average molecular weight is 678 g/mol. The third-order valence-corrected chi connectivity index (χ3v) is 18.3. The maximum atomic E-state index is 11.5. The number of fused-ring (bicyclic) bond motifs is 7. The van der Waals surface area contributed by atoms with Crippen LogP contribution in [0.1, 0.15) is 122 Å². The van der Waals surface area contributed by atoms with Crippen molar-refractivity contribution in [1.82, 2.24) is 4.90 Å². The molecule has 48 heavy (non-hydrogen) atoms. The van der Waals surface area contributed by atoms with Gasteiger partial charge in [-0.3, -0.25) is 9.11 Å². The van der Waals surface area contributed by atoms with Crippen LogP contribution in [0, 0.1) is 56.7 Å². The first kappa shape index (κ1) is 34.8. The van der Waals surface area contributed by atoms with Crippen LogP contribution in [-0.4, -0.2) is 56.2 Å². The lowest BCUT2D eigenvalue weighted by molar-refractivity contribution is -0.226. The van der Waals surface area contributed by atoms with Crippen LogP contribution in [0.25, 0.3) is 5.57 Å². The summed E-state index contributed by atoms with van der Waals surface area (Å²) < 4.78 is 20.4. The number of nitrogens with zero attached hydrogens (tertiary/aromatic N) is 1. The molecule has 5 aliphatic carbocycles. The standard InChI is InChI=1S/C42H63NO4S/c1-28(2)31-14-19-42(22-23-43-24-26-48(46,47)27-25-43)21-20-40(6)33(36(31)42)12-13-35-39(5)17-15-32(29-8-10-30(11-9-29)37(44)45)38(3,4)34(39)16-18-41(35,40)7/h8-11,15,31,33-36,46-47H,1,12-14,16-27H2,2-7H3,(H,44,45)/t31-,33+,34-,35+,36+,39-,40+,41+,42+/m0/s1. The molecule has 0 amide bonds. The molecule has 0 spiro atoms. The van der Waals surface area contributed by atoms with Gasteiger partial charge in [-0.15, -0.1) is 0 Å². The summed E-state index contributed by atoms with van der Waals surface area (Å²) in [7, 11) is -2.36. The quantitative estimate of drug-likeness (QED) is 0.261. The topological polar surface area (TPSA) is 81.0 Å². The fraction of sp³-hybridized carbons (Fsp3) is 0.738. The molecule has 3 N–H and O–H groups in total.